The van der Waals surface area contributed by atoms with Crippen LogP contribution in [0.2, 0.25) is 5.02 Å². The first-order valence-corrected chi connectivity index (χ1v) is 11.5. The minimum atomic E-state index is -3.49. The van der Waals surface area contributed by atoms with Crippen molar-refractivity contribution in [3.8, 4) is 0 Å². The molecule has 0 aliphatic carbocycles. The average Bonchev–Trinajstić information content (AvgIpc) is 3.17. The maximum Gasteiger partial charge on any atom is 0.191 e. The average molecular weight is 430 g/mol. The van der Waals surface area contributed by atoms with Gasteiger partial charge in [-0.25, -0.2) is 8.42 Å². The smallest absolute Gasteiger partial charge is 0.191 e. The highest BCUT2D eigenvalue weighted by Gasteiger charge is 2.20. The second-order valence-electron chi connectivity index (χ2n) is 5.89. The number of thiophene rings is 1. The van der Waals surface area contributed by atoms with E-state index in [4.69, 9.17) is 11.6 Å². The first kappa shape index (κ1) is 21.7. The number of aliphatic hydroxyl groups excluding tert-OH is 1. The first-order valence-electron chi connectivity index (χ1n) is 8.61. The summed E-state index contributed by atoms with van der Waals surface area (Å²) in [6, 6.07) is 10.8. The van der Waals surface area contributed by atoms with Crippen LogP contribution in [0.3, 0.4) is 0 Å². The van der Waals surface area contributed by atoms with Crippen LogP contribution in [0.1, 0.15) is 12.5 Å². The third-order valence-electron chi connectivity index (χ3n) is 3.64. The molecule has 0 aliphatic heterocycles. The van der Waals surface area contributed by atoms with Gasteiger partial charge in [-0.2, -0.15) is 0 Å². The van der Waals surface area contributed by atoms with E-state index < -0.39 is 15.9 Å². The van der Waals surface area contributed by atoms with E-state index in [1.54, 1.807) is 17.5 Å². The molecule has 1 heterocycles. The Hall–Kier alpha value is -1.61. The van der Waals surface area contributed by atoms with Crippen LogP contribution in [0, 0.1) is 0 Å². The van der Waals surface area contributed by atoms with Gasteiger partial charge in [-0.1, -0.05) is 29.8 Å². The summed E-state index contributed by atoms with van der Waals surface area (Å²) in [5, 5.41) is 18.7. The molecule has 0 radical (unpaired) electrons. The normalized spacial score (nSPS) is 13.4. The van der Waals surface area contributed by atoms with Crippen molar-refractivity contribution in [1.82, 2.24) is 10.6 Å². The van der Waals surface area contributed by atoms with Gasteiger partial charge < -0.3 is 15.7 Å². The first-order chi connectivity index (χ1) is 12.9. The summed E-state index contributed by atoms with van der Waals surface area (Å²) in [6.07, 6.45) is -0.277. The predicted octanol–water partition coefficient (Wildman–Crippen LogP) is 2.33. The van der Waals surface area contributed by atoms with E-state index in [1.165, 1.54) is 0 Å². The van der Waals surface area contributed by atoms with Crippen LogP contribution in [0.15, 0.2) is 51.0 Å². The zero-order valence-corrected chi connectivity index (χ0v) is 17.4. The van der Waals surface area contributed by atoms with Gasteiger partial charge in [-0.05, 0) is 42.5 Å². The number of nitrogens with one attached hydrogen (secondary N) is 2. The SMILES string of the molecule is CCNC(=NCC(O)CS(=O)(=O)c1cccs1)NCCc1ccc(Cl)cc1. The number of aliphatic hydroxyl groups is 1. The number of halogens is 1. The number of hydrogen-bond acceptors (Lipinski definition) is 5. The van der Waals surface area contributed by atoms with E-state index in [-0.39, 0.29) is 16.5 Å². The van der Waals surface area contributed by atoms with Crippen LogP contribution in [0.25, 0.3) is 0 Å². The molecule has 0 amide bonds. The van der Waals surface area contributed by atoms with Gasteiger partial charge in [0.05, 0.1) is 18.4 Å². The molecule has 0 saturated carbocycles. The van der Waals surface area contributed by atoms with E-state index in [1.807, 2.05) is 31.2 Å². The minimum Gasteiger partial charge on any atom is -0.390 e. The van der Waals surface area contributed by atoms with Crippen molar-refractivity contribution >= 4 is 38.7 Å². The third-order valence-corrected chi connectivity index (χ3v) is 7.17. The molecule has 0 saturated heterocycles. The monoisotopic (exact) mass is 429 g/mol. The summed E-state index contributed by atoms with van der Waals surface area (Å²) in [6.45, 7) is 3.25. The van der Waals surface area contributed by atoms with Gasteiger partial charge in [0.15, 0.2) is 15.8 Å². The van der Waals surface area contributed by atoms with Crippen molar-refractivity contribution in [3.05, 3.63) is 52.4 Å². The number of guanidine groups is 1. The van der Waals surface area contributed by atoms with Gasteiger partial charge >= 0.3 is 0 Å². The largest absolute Gasteiger partial charge is 0.390 e. The maximum atomic E-state index is 12.2. The number of nitrogens with zero attached hydrogens (tertiary/aromatic N) is 1. The molecule has 2 aromatic rings. The Morgan fingerprint density at radius 1 is 1.26 bits per heavy atom. The molecule has 1 atom stereocenters. The van der Waals surface area contributed by atoms with Crippen molar-refractivity contribution in [3.63, 3.8) is 0 Å². The Morgan fingerprint density at radius 3 is 2.63 bits per heavy atom. The van der Waals surface area contributed by atoms with Crippen LogP contribution >= 0.6 is 22.9 Å². The molecular weight excluding hydrogens is 406 g/mol. The van der Waals surface area contributed by atoms with Gasteiger partial charge in [0.25, 0.3) is 0 Å². The van der Waals surface area contributed by atoms with Crippen molar-refractivity contribution in [2.24, 2.45) is 4.99 Å². The van der Waals surface area contributed by atoms with E-state index >= 15 is 0 Å². The summed E-state index contributed by atoms with van der Waals surface area (Å²) in [5.74, 6) is 0.195. The predicted molar refractivity (Wildman–Crippen MR) is 112 cm³/mol. The molecule has 1 aromatic heterocycles. The molecule has 27 heavy (non-hydrogen) atoms. The summed E-state index contributed by atoms with van der Waals surface area (Å²) in [4.78, 5) is 4.29. The third kappa shape index (κ3) is 7.50. The van der Waals surface area contributed by atoms with E-state index in [2.05, 4.69) is 15.6 Å². The molecule has 1 aromatic carbocycles. The Balaban J connectivity index is 1.85. The van der Waals surface area contributed by atoms with E-state index in [0.29, 0.717) is 24.1 Å². The minimum absolute atomic E-state index is 0.000876. The molecule has 2 rings (SSSR count). The van der Waals surface area contributed by atoms with Gasteiger partial charge in [-0.3, -0.25) is 4.99 Å². The van der Waals surface area contributed by atoms with Crippen molar-refractivity contribution in [2.75, 3.05) is 25.4 Å². The number of aliphatic imine (C=N–C) groups is 1. The van der Waals surface area contributed by atoms with E-state index in [0.717, 1.165) is 23.3 Å². The molecule has 6 nitrogen and oxygen atoms in total. The highest BCUT2D eigenvalue weighted by molar-refractivity contribution is 7.93. The molecule has 9 heteroatoms. The lowest BCUT2D eigenvalue weighted by atomic mass is 10.1. The van der Waals surface area contributed by atoms with Gasteiger partial charge in [0, 0.05) is 18.1 Å². The lowest BCUT2D eigenvalue weighted by Crippen LogP contribution is -2.39. The molecule has 0 bridgehead atoms. The van der Waals surface area contributed by atoms with Crippen LogP contribution < -0.4 is 10.6 Å². The van der Waals surface area contributed by atoms with Crippen molar-refractivity contribution in [2.45, 2.75) is 23.7 Å². The van der Waals surface area contributed by atoms with E-state index in [9.17, 15) is 13.5 Å². The molecule has 0 aliphatic rings. The standard InChI is InChI=1S/C18H24ClN3O3S2/c1-2-20-18(21-10-9-14-5-7-15(19)8-6-14)22-12-16(23)13-27(24,25)17-4-3-11-26-17/h3-8,11,16,23H,2,9-10,12-13H2,1H3,(H2,20,21,22). The zero-order valence-electron chi connectivity index (χ0n) is 15.1. The summed E-state index contributed by atoms with van der Waals surface area (Å²) in [5.41, 5.74) is 1.14. The second kappa shape index (κ2) is 10.7. The topological polar surface area (TPSA) is 90.8 Å². The van der Waals surface area contributed by atoms with Crippen molar-refractivity contribution < 1.29 is 13.5 Å². The fraction of sp³-hybridized carbons (Fsp3) is 0.389. The summed E-state index contributed by atoms with van der Waals surface area (Å²) in [7, 11) is -3.49. The van der Waals surface area contributed by atoms with Gasteiger partial charge in [-0.15, -0.1) is 11.3 Å². The molecule has 0 spiro atoms. The Bertz CT molecular complexity index is 822. The molecule has 148 valence electrons. The maximum absolute atomic E-state index is 12.2. The Labute approximate surface area is 169 Å². The number of benzene rings is 1. The summed E-state index contributed by atoms with van der Waals surface area (Å²) >= 11 is 7.02. The lowest BCUT2D eigenvalue weighted by molar-refractivity contribution is 0.206. The fourth-order valence-corrected chi connectivity index (χ4v) is 4.94. The Kier molecular flexibility index (Phi) is 8.56. The molecule has 3 N–H and O–H groups in total. The molecular formula is C18H24ClN3O3S2. The molecule has 1 unspecified atom stereocenters. The fourth-order valence-electron chi connectivity index (χ4n) is 2.34. The lowest BCUT2D eigenvalue weighted by Gasteiger charge is -2.13. The number of sulfone groups is 1. The zero-order chi connectivity index (χ0) is 19.7. The summed E-state index contributed by atoms with van der Waals surface area (Å²) < 4.78 is 24.6. The second-order valence-corrected chi connectivity index (χ2v) is 9.54. The highest BCUT2D eigenvalue weighted by Crippen LogP contribution is 2.18. The highest BCUT2D eigenvalue weighted by atomic mass is 35.5. The van der Waals surface area contributed by atoms with Crippen LogP contribution in [0.5, 0.6) is 0 Å². The Morgan fingerprint density at radius 2 is 2.00 bits per heavy atom. The quantitative estimate of drug-likeness (QED) is 0.420. The number of hydrogen-bond donors (Lipinski definition) is 3. The number of rotatable bonds is 9. The molecule has 0 fully saturated rings. The van der Waals surface area contributed by atoms with Crippen molar-refractivity contribution in [1.29, 1.82) is 0 Å². The van der Waals surface area contributed by atoms with Gasteiger partial charge in [0.2, 0.25) is 0 Å². The van der Waals surface area contributed by atoms with Crippen LogP contribution in [-0.4, -0.2) is 51.0 Å². The van der Waals surface area contributed by atoms with Gasteiger partial charge in [0.1, 0.15) is 4.21 Å². The van der Waals surface area contributed by atoms with Crippen LogP contribution in [-0.2, 0) is 16.3 Å². The van der Waals surface area contributed by atoms with Crippen LogP contribution in [0.4, 0.5) is 0 Å².